The van der Waals surface area contributed by atoms with Gasteiger partial charge < -0.3 is 19.4 Å². The molecule has 8 heteroatoms. The maximum Gasteiger partial charge on any atom is 0.257 e. The Morgan fingerprint density at radius 3 is 2.52 bits per heavy atom. The first-order chi connectivity index (χ1) is 13.0. The third kappa shape index (κ3) is 3.76. The van der Waals surface area contributed by atoms with Crippen molar-refractivity contribution in [3.63, 3.8) is 0 Å². The fourth-order valence-electron chi connectivity index (χ4n) is 3.79. The molecule has 3 fully saturated rings. The molecule has 0 radical (unpaired) electrons. The number of anilines is 1. The van der Waals surface area contributed by atoms with Crippen LogP contribution in [-0.4, -0.2) is 85.1 Å². The van der Waals surface area contributed by atoms with Crippen LogP contribution < -0.4 is 4.90 Å². The number of ether oxygens (including phenoxy) is 1. The second-order valence-electron chi connectivity index (χ2n) is 7.81. The molecule has 1 aromatic heterocycles. The third-order valence-electron chi connectivity index (χ3n) is 5.55. The van der Waals surface area contributed by atoms with Crippen molar-refractivity contribution in [1.82, 2.24) is 19.8 Å². The summed E-state index contributed by atoms with van der Waals surface area (Å²) >= 11 is 0. The largest absolute Gasteiger partial charge is 0.378 e. The van der Waals surface area contributed by atoms with E-state index in [4.69, 9.17) is 9.72 Å². The van der Waals surface area contributed by atoms with Crippen LogP contribution in [0.3, 0.4) is 0 Å². The number of nitrogens with zero attached hydrogens (tertiary/aromatic N) is 5. The quantitative estimate of drug-likeness (QED) is 0.775. The minimum Gasteiger partial charge on any atom is -0.378 e. The first-order valence-electron chi connectivity index (χ1n) is 9.74. The summed E-state index contributed by atoms with van der Waals surface area (Å²) in [6.45, 7) is 3.68. The summed E-state index contributed by atoms with van der Waals surface area (Å²) < 4.78 is 5.36. The number of hydrogen-bond acceptors (Lipinski definition) is 6. The average Bonchev–Trinajstić information content (AvgIpc) is 3.43. The number of morpholine rings is 1. The van der Waals surface area contributed by atoms with Crippen molar-refractivity contribution in [3.8, 4) is 0 Å². The van der Waals surface area contributed by atoms with Crippen LogP contribution >= 0.6 is 0 Å². The highest BCUT2D eigenvalue weighted by Crippen LogP contribution is 2.35. The van der Waals surface area contributed by atoms with Gasteiger partial charge in [-0.05, 0) is 19.3 Å². The smallest absolute Gasteiger partial charge is 0.257 e. The number of rotatable bonds is 4. The lowest BCUT2D eigenvalue weighted by atomic mass is 9.99. The number of carbonyl (C=O) groups excluding carboxylic acids is 2. The molecular weight excluding hydrogens is 346 g/mol. The lowest BCUT2D eigenvalue weighted by Crippen LogP contribution is -2.41. The van der Waals surface area contributed by atoms with Gasteiger partial charge in [-0.2, -0.15) is 0 Å². The highest BCUT2D eigenvalue weighted by molar-refractivity contribution is 5.95. The third-order valence-corrected chi connectivity index (χ3v) is 5.55. The highest BCUT2D eigenvalue weighted by Gasteiger charge is 2.38. The summed E-state index contributed by atoms with van der Waals surface area (Å²) in [7, 11) is 3.78. The second kappa shape index (κ2) is 7.42. The van der Waals surface area contributed by atoms with Gasteiger partial charge in [0, 0.05) is 58.3 Å². The summed E-state index contributed by atoms with van der Waals surface area (Å²) in [6.07, 6.45) is 4.52. The van der Waals surface area contributed by atoms with E-state index in [1.807, 2.05) is 28.8 Å². The molecule has 1 aliphatic carbocycles. The molecule has 146 valence electrons. The molecule has 0 N–H and O–H groups in total. The fraction of sp³-hybridized carbons (Fsp3) is 0.684. The Bertz CT molecular complexity index is 728. The topological polar surface area (TPSA) is 78.9 Å². The molecule has 0 bridgehead atoms. The van der Waals surface area contributed by atoms with Crippen molar-refractivity contribution in [2.45, 2.75) is 25.2 Å². The molecule has 4 rings (SSSR count). The summed E-state index contributed by atoms with van der Waals surface area (Å²) in [5, 5.41) is 0. The van der Waals surface area contributed by atoms with Gasteiger partial charge in [-0.25, -0.2) is 9.97 Å². The van der Waals surface area contributed by atoms with Crippen LogP contribution in [0, 0.1) is 5.92 Å². The first-order valence-corrected chi connectivity index (χ1v) is 9.74. The van der Waals surface area contributed by atoms with Crippen LogP contribution in [0.1, 0.15) is 41.2 Å². The van der Waals surface area contributed by atoms with E-state index >= 15 is 0 Å². The van der Waals surface area contributed by atoms with Gasteiger partial charge in [-0.3, -0.25) is 9.59 Å². The van der Waals surface area contributed by atoms with E-state index in [-0.39, 0.29) is 23.7 Å². The van der Waals surface area contributed by atoms with Crippen LogP contribution in [0.5, 0.6) is 0 Å². The SMILES string of the molecule is CN(C)c1ncc(C(=O)N2CCOCC2)c(C2CCN(C(=O)C3CC3)C2)n1. The Balaban J connectivity index is 1.59. The van der Waals surface area contributed by atoms with Crippen molar-refractivity contribution >= 4 is 17.8 Å². The van der Waals surface area contributed by atoms with Gasteiger partial charge in [0.1, 0.15) is 0 Å². The van der Waals surface area contributed by atoms with Crippen molar-refractivity contribution in [1.29, 1.82) is 0 Å². The lowest BCUT2D eigenvalue weighted by molar-refractivity contribution is -0.131. The van der Waals surface area contributed by atoms with Gasteiger partial charge in [-0.1, -0.05) is 0 Å². The van der Waals surface area contributed by atoms with Crippen molar-refractivity contribution < 1.29 is 14.3 Å². The number of aromatic nitrogens is 2. The first kappa shape index (κ1) is 18.2. The molecule has 0 spiro atoms. The predicted molar refractivity (Wildman–Crippen MR) is 99.7 cm³/mol. The van der Waals surface area contributed by atoms with E-state index < -0.39 is 0 Å². The molecule has 1 saturated carbocycles. The van der Waals surface area contributed by atoms with Crippen molar-refractivity contribution in [2.24, 2.45) is 5.92 Å². The molecule has 1 aromatic rings. The maximum atomic E-state index is 13.1. The minimum absolute atomic E-state index is 0.0365. The summed E-state index contributed by atoms with van der Waals surface area (Å²) in [4.78, 5) is 40.2. The maximum absolute atomic E-state index is 13.1. The van der Waals surface area contributed by atoms with E-state index in [9.17, 15) is 9.59 Å². The number of carbonyl (C=O) groups is 2. The average molecular weight is 373 g/mol. The number of amides is 2. The molecule has 0 aromatic carbocycles. The zero-order valence-corrected chi connectivity index (χ0v) is 16.1. The monoisotopic (exact) mass is 373 g/mol. The summed E-state index contributed by atoms with van der Waals surface area (Å²) in [6, 6.07) is 0. The molecule has 8 nitrogen and oxygen atoms in total. The van der Waals surface area contributed by atoms with Crippen molar-refractivity contribution in [2.75, 3.05) is 58.4 Å². The molecular formula is C19H27N5O3. The number of hydrogen-bond donors (Lipinski definition) is 0. The Morgan fingerprint density at radius 2 is 1.85 bits per heavy atom. The Hall–Kier alpha value is -2.22. The molecule has 3 heterocycles. The standard InChI is InChI=1S/C19H27N5O3/c1-22(2)19-20-11-15(18(26)23-7-9-27-10-8-23)16(21-19)14-5-6-24(12-14)17(25)13-3-4-13/h11,13-14H,3-10,12H2,1-2H3. The van der Waals surface area contributed by atoms with Gasteiger partial charge in [0.15, 0.2) is 0 Å². The van der Waals surface area contributed by atoms with Crippen molar-refractivity contribution in [3.05, 3.63) is 17.5 Å². The Morgan fingerprint density at radius 1 is 1.11 bits per heavy atom. The lowest BCUT2D eigenvalue weighted by Gasteiger charge is -2.28. The molecule has 3 aliphatic rings. The minimum atomic E-state index is -0.0365. The number of likely N-dealkylation sites (tertiary alicyclic amines) is 1. The van der Waals surface area contributed by atoms with Gasteiger partial charge >= 0.3 is 0 Å². The van der Waals surface area contributed by atoms with Crippen LogP contribution in [-0.2, 0) is 9.53 Å². The normalized spacial score (nSPS) is 22.8. The summed E-state index contributed by atoms with van der Waals surface area (Å²) in [5.74, 6) is 1.12. The van der Waals surface area contributed by atoms with E-state index in [1.165, 1.54) is 0 Å². The fourth-order valence-corrected chi connectivity index (χ4v) is 3.79. The molecule has 1 unspecified atom stereocenters. The van der Waals surface area contributed by atoms with E-state index in [0.29, 0.717) is 44.4 Å². The zero-order chi connectivity index (χ0) is 19.0. The van der Waals surface area contributed by atoms with Crippen LogP contribution in [0.15, 0.2) is 6.20 Å². The Labute approximate surface area is 159 Å². The van der Waals surface area contributed by atoms with Gasteiger partial charge in [0.2, 0.25) is 11.9 Å². The summed E-state index contributed by atoms with van der Waals surface area (Å²) in [5.41, 5.74) is 1.34. The van der Waals surface area contributed by atoms with Crippen LogP contribution in [0.25, 0.3) is 0 Å². The van der Waals surface area contributed by atoms with Gasteiger partial charge in [0.05, 0.1) is 24.5 Å². The molecule has 2 saturated heterocycles. The Kier molecular flexibility index (Phi) is 4.99. The van der Waals surface area contributed by atoms with Crippen LogP contribution in [0.4, 0.5) is 5.95 Å². The van der Waals surface area contributed by atoms with E-state index in [0.717, 1.165) is 31.5 Å². The molecule has 2 aliphatic heterocycles. The predicted octanol–water partition coefficient (Wildman–Crippen LogP) is 0.741. The van der Waals surface area contributed by atoms with Gasteiger partial charge in [0.25, 0.3) is 5.91 Å². The molecule has 2 amide bonds. The molecule has 1 atom stereocenters. The van der Waals surface area contributed by atoms with E-state index in [2.05, 4.69) is 4.98 Å². The molecule has 27 heavy (non-hydrogen) atoms. The zero-order valence-electron chi connectivity index (χ0n) is 16.1. The van der Waals surface area contributed by atoms with E-state index in [1.54, 1.807) is 6.20 Å². The highest BCUT2D eigenvalue weighted by atomic mass is 16.5. The van der Waals surface area contributed by atoms with Crippen LogP contribution in [0.2, 0.25) is 0 Å². The van der Waals surface area contributed by atoms with Gasteiger partial charge in [-0.15, -0.1) is 0 Å². The second-order valence-corrected chi connectivity index (χ2v) is 7.81.